The summed E-state index contributed by atoms with van der Waals surface area (Å²) in [5.74, 6) is -0.418. The van der Waals surface area contributed by atoms with Crippen molar-refractivity contribution in [2.45, 2.75) is 38.1 Å². The minimum absolute atomic E-state index is 0.189. The number of benzene rings is 1. The molecule has 1 saturated carbocycles. The summed E-state index contributed by atoms with van der Waals surface area (Å²) in [7, 11) is 0. The number of piperidine rings is 1. The molecule has 1 saturated heterocycles. The summed E-state index contributed by atoms with van der Waals surface area (Å²) in [5, 5.41) is 0. The number of aromatic nitrogens is 2. The largest absolute Gasteiger partial charge is 0.369 e. The van der Waals surface area contributed by atoms with Crippen molar-refractivity contribution in [3.8, 4) is 0 Å². The second-order valence-corrected chi connectivity index (χ2v) is 6.74. The number of primary amides is 1. The number of imidazole rings is 1. The van der Waals surface area contributed by atoms with Crippen LogP contribution in [0, 0.1) is 11.2 Å². The van der Waals surface area contributed by atoms with Gasteiger partial charge in [0.2, 0.25) is 11.8 Å². The van der Waals surface area contributed by atoms with Gasteiger partial charge >= 0.3 is 0 Å². The molecule has 24 heavy (non-hydrogen) atoms. The van der Waals surface area contributed by atoms with E-state index in [0.717, 1.165) is 19.3 Å². The maximum atomic E-state index is 13.4. The minimum Gasteiger partial charge on any atom is -0.369 e. The van der Waals surface area contributed by atoms with Crippen molar-refractivity contribution in [3.63, 3.8) is 0 Å². The minimum atomic E-state index is -1.02. The molecule has 0 radical (unpaired) electrons. The molecule has 0 spiro atoms. The Morgan fingerprint density at radius 1 is 1.33 bits per heavy atom. The fourth-order valence-corrected chi connectivity index (χ4v) is 3.58. The average Bonchev–Trinajstić information content (AvgIpc) is 3.29. The standard InChI is InChI=1S/C17H19FN4O2/c18-10-4-5-11-12(9-10)21-14(20-11)13-3-1-2-8-22(13)16(24)17(6-7-17)15(19)23/h4-5,9,13H,1-3,6-8H2,(H2,19,23)(H,20,21). The van der Waals surface area contributed by atoms with Gasteiger partial charge in [0.15, 0.2) is 0 Å². The van der Waals surface area contributed by atoms with Crippen LogP contribution in [0.5, 0.6) is 0 Å². The van der Waals surface area contributed by atoms with E-state index in [1.165, 1.54) is 12.1 Å². The predicted octanol–water partition coefficient (Wildman–Crippen LogP) is 2.02. The third kappa shape index (κ3) is 2.26. The second kappa shape index (κ2) is 5.29. The lowest BCUT2D eigenvalue weighted by atomic mass is 9.96. The maximum Gasteiger partial charge on any atom is 0.238 e. The molecule has 3 N–H and O–H groups in total. The smallest absolute Gasteiger partial charge is 0.238 e. The van der Waals surface area contributed by atoms with Crippen LogP contribution in [0.15, 0.2) is 18.2 Å². The molecule has 2 heterocycles. The molecule has 0 bridgehead atoms. The number of nitrogens with zero attached hydrogens (tertiary/aromatic N) is 2. The monoisotopic (exact) mass is 330 g/mol. The number of nitrogens with one attached hydrogen (secondary N) is 1. The quantitative estimate of drug-likeness (QED) is 0.843. The number of H-pyrrole nitrogens is 1. The Bertz CT molecular complexity index is 827. The van der Waals surface area contributed by atoms with E-state index < -0.39 is 11.3 Å². The Balaban J connectivity index is 1.68. The molecule has 1 aromatic heterocycles. The second-order valence-electron chi connectivity index (χ2n) is 6.74. The molecule has 7 heteroatoms. The topological polar surface area (TPSA) is 92.1 Å². The van der Waals surface area contributed by atoms with E-state index >= 15 is 0 Å². The number of hydrogen-bond acceptors (Lipinski definition) is 3. The highest BCUT2D eigenvalue weighted by Gasteiger charge is 2.58. The molecule has 2 amide bonds. The highest BCUT2D eigenvalue weighted by atomic mass is 19.1. The summed E-state index contributed by atoms with van der Waals surface area (Å²) in [4.78, 5) is 34.0. The molecular formula is C17H19FN4O2. The number of rotatable bonds is 3. The van der Waals surface area contributed by atoms with E-state index in [4.69, 9.17) is 5.73 Å². The van der Waals surface area contributed by atoms with Crippen molar-refractivity contribution in [1.29, 1.82) is 0 Å². The molecule has 2 aromatic rings. The van der Waals surface area contributed by atoms with Gasteiger partial charge in [-0.25, -0.2) is 9.37 Å². The van der Waals surface area contributed by atoms with Crippen molar-refractivity contribution in [1.82, 2.24) is 14.9 Å². The molecule has 1 aliphatic heterocycles. The van der Waals surface area contributed by atoms with Crippen molar-refractivity contribution >= 4 is 22.8 Å². The third-order valence-electron chi connectivity index (χ3n) is 5.17. The van der Waals surface area contributed by atoms with Gasteiger partial charge in [0.1, 0.15) is 17.1 Å². The van der Waals surface area contributed by atoms with E-state index in [1.807, 2.05) is 0 Å². The lowest BCUT2D eigenvalue weighted by Gasteiger charge is -2.36. The van der Waals surface area contributed by atoms with Gasteiger partial charge in [0.05, 0.1) is 17.1 Å². The zero-order valence-electron chi connectivity index (χ0n) is 13.2. The highest BCUT2D eigenvalue weighted by Crippen LogP contribution is 2.49. The fourth-order valence-electron chi connectivity index (χ4n) is 3.58. The van der Waals surface area contributed by atoms with Gasteiger partial charge in [-0.15, -0.1) is 0 Å². The van der Waals surface area contributed by atoms with Gasteiger partial charge < -0.3 is 15.6 Å². The van der Waals surface area contributed by atoms with Gasteiger partial charge in [0, 0.05) is 6.54 Å². The summed E-state index contributed by atoms with van der Waals surface area (Å²) in [6, 6.07) is 4.15. The van der Waals surface area contributed by atoms with E-state index in [9.17, 15) is 14.0 Å². The van der Waals surface area contributed by atoms with Gasteiger partial charge in [-0.2, -0.15) is 0 Å². The van der Waals surface area contributed by atoms with Crippen LogP contribution >= 0.6 is 0 Å². The fraction of sp³-hybridized carbons (Fsp3) is 0.471. The van der Waals surface area contributed by atoms with E-state index in [0.29, 0.717) is 36.2 Å². The van der Waals surface area contributed by atoms with Crippen molar-refractivity contribution in [3.05, 3.63) is 29.8 Å². The first-order valence-electron chi connectivity index (χ1n) is 8.27. The van der Waals surface area contributed by atoms with Gasteiger partial charge in [-0.1, -0.05) is 0 Å². The van der Waals surface area contributed by atoms with Crippen LogP contribution < -0.4 is 5.73 Å². The Morgan fingerprint density at radius 2 is 2.12 bits per heavy atom. The molecule has 126 valence electrons. The van der Waals surface area contributed by atoms with Crippen LogP contribution in [0.2, 0.25) is 0 Å². The highest BCUT2D eigenvalue weighted by molar-refractivity contribution is 6.07. The molecular weight excluding hydrogens is 311 g/mol. The third-order valence-corrected chi connectivity index (χ3v) is 5.17. The van der Waals surface area contributed by atoms with Gasteiger partial charge in [-0.05, 0) is 50.3 Å². The zero-order valence-corrected chi connectivity index (χ0v) is 13.2. The maximum absolute atomic E-state index is 13.4. The van der Waals surface area contributed by atoms with Crippen LogP contribution in [-0.4, -0.2) is 33.2 Å². The number of hydrogen-bond donors (Lipinski definition) is 2. The number of halogens is 1. The number of fused-ring (bicyclic) bond motifs is 1. The zero-order chi connectivity index (χ0) is 16.9. The Morgan fingerprint density at radius 3 is 2.83 bits per heavy atom. The lowest BCUT2D eigenvalue weighted by molar-refractivity contribution is -0.146. The van der Waals surface area contributed by atoms with Crippen LogP contribution in [0.3, 0.4) is 0 Å². The van der Waals surface area contributed by atoms with Crippen LogP contribution in [0.1, 0.15) is 44.0 Å². The first-order valence-corrected chi connectivity index (χ1v) is 8.27. The van der Waals surface area contributed by atoms with E-state index in [1.54, 1.807) is 11.0 Å². The van der Waals surface area contributed by atoms with Crippen LogP contribution in [0.25, 0.3) is 11.0 Å². The number of likely N-dealkylation sites (tertiary alicyclic amines) is 1. The summed E-state index contributed by atoms with van der Waals surface area (Å²) < 4.78 is 13.4. The normalized spacial score (nSPS) is 22.5. The van der Waals surface area contributed by atoms with Gasteiger partial charge in [-0.3, -0.25) is 9.59 Å². The molecule has 1 unspecified atom stereocenters. The molecule has 1 aromatic carbocycles. The summed E-state index contributed by atoms with van der Waals surface area (Å²) in [6.07, 6.45) is 3.68. The van der Waals surface area contributed by atoms with Crippen molar-refractivity contribution in [2.24, 2.45) is 11.1 Å². The molecule has 4 rings (SSSR count). The Labute approximate surface area is 138 Å². The Kier molecular flexibility index (Phi) is 3.33. The molecule has 1 atom stereocenters. The first-order chi connectivity index (χ1) is 11.5. The van der Waals surface area contributed by atoms with Crippen LogP contribution in [-0.2, 0) is 9.59 Å². The average molecular weight is 330 g/mol. The number of amides is 2. The lowest BCUT2D eigenvalue weighted by Crippen LogP contribution is -2.47. The number of nitrogens with two attached hydrogens (primary N) is 1. The molecule has 2 fully saturated rings. The first kappa shape index (κ1) is 15.1. The number of carbonyl (C=O) groups is 2. The number of aromatic amines is 1. The Hall–Kier alpha value is -2.44. The molecule has 6 nitrogen and oxygen atoms in total. The molecule has 1 aliphatic carbocycles. The van der Waals surface area contributed by atoms with E-state index in [2.05, 4.69) is 9.97 Å². The summed E-state index contributed by atoms with van der Waals surface area (Å²) in [6.45, 7) is 0.587. The van der Waals surface area contributed by atoms with E-state index in [-0.39, 0.29) is 17.8 Å². The number of carbonyl (C=O) groups excluding carboxylic acids is 2. The van der Waals surface area contributed by atoms with Gasteiger partial charge in [0.25, 0.3) is 0 Å². The van der Waals surface area contributed by atoms with Crippen molar-refractivity contribution < 1.29 is 14.0 Å². The SMILES string of the molecule is NC(=O)C1(C(=O)N2CCCCC2c2nc3ccc(F)cc3[nH]2)CC1. The summed E-state index contributed by atoms with van der Waals surface area (Å²) in [5.41, 5.74) is 5.71. The summed E-state index contributed by atoms with van der Waals surface area (Å²) >= 11 is 0. The van der Waals surface area contributed by atoms with Crippen LogP contribution in [0.4, 0.5) is 4.39 Å². The molecule has 2 aliphatic rings. The predicted molar refractivity (Wildman–Crippen MR) is 85.2 cm³/mol. The van der Waals surface area contributed by atoms with Crippen molar-refractivity contribution in [2.75, 3.05) is 6.54 Å².